The Morgan fingerprint density at radius 1 is 1.10 bits per heavy atom. The zero-order valence-corrected chi connectivity index (χ0v) is 12.0. The van der Waals surface area contributed by atoms with Crippen molar-refractivity contribution in [3.05, 3.63) is 41.3 Å². The minimum atomic E-state index is -4.50. The molecule has 0 aliphatic heterocycles. The Hall–Kier alpha value is -1.78. The monoisotopic (exact) mass is 285 g/mol. The highest BCUT2D eigenvalue weighted by atomic mass is 19.4. The fourth-order valence-corrected chi connectivity index (χ4v) is 1.63. The lowest BCUT2D eigenvalue weighted by molar-refractivity contribution is -0.153. The number of nitrogens with zero attached hydrogens (tertiary/aromatic N) is 1. The Labute approximate surface area is 116 Å². The zero-order valence-electron chi connectivity index (χ0n) is 12.0. The first-order chi connectivity index (χ1) is 9.41. The molecule has 20 heavy (non-hydrogen) atoms. The lowest BCUT2D eigenvalue weighted by atomic mass is 10.1. The highest BCUT2D eigenvalue weighted by Gasteiger charge is 2.39. The molecule has 0 unspecified atom stereocenters. The largest absolute Gasteiger partial charge is 0.451 e. The molecule has 5 heteroatoms. The van der Waals surface area contributed by atoms with Crippen LogP contribution in [0.1, 0.15) is 37.8 Å². The van der Waals surface area contributed by atoms with Gasteiger partial charge in [-0.2, -0.15) is 13.2 Å². The number of benzene rings is 1. The van der Waals surface area contributed by atoms with Crippen LogP contribution in [0.25, 0.3) is 11.5 Å². The van der Waals surface area contributed by atoms with Crippen LogP contribution in [0.3, 0.4) is 0 Å². The average Bonchev–Trinajstić information content (AvgIpc) is 2.86. The molecule has 2 rings (SSSR count). The molecule has 0 amide bonds. The van der Waals surface area contributed by atoms with Gasteiger partial charge in [0.25, 0.3) is 0 Å². The van der Waals surface area contributed by atoms with Crippen LogP contribution in [0.4, 0.5) is 13.2 Å². The SMILES string of the molecule is CC.CCc1nc(-c2ccc(C)cc2)oc1C(F)(F)F. The van der Waals surface area contributed by atoms with E-state index in [0.29, 0.717) is 5.56 Å². The molecule has 0 N–H and O–H groups in total. The van der Waals surface area contributed by atoms with E-state index in [1.165, 1.54) is 0 Å². The number of hydrogen-bond acceptors (Lipinski definition) is 2. The Morgan fingerprint density at radius 3 is 2.05 bits per heavy atom. The van der Waals surface area contributed by atoms with Crippen molar-refractivity contribution in [1.82, 2.24) is 4.98 Å². The second kappa shape index (κ2) is 6.59. The molecule has 2 nitrogen and oxygen atoms in total. The second-order valence-electron chi connectivity index (χ2n) is 4.01. The fourth-order valence-electron chi connectivity index (χ4n) is 1.63. The number of rotatable bonds is 2. The van der Waals surface area contributed by atoms with Crippen molar-refractivity contribution in [2.24, 2.45) is 0 Å². The summed E-state index contributed by atoms with van der Waals surface area (Å²) in [6.07, 6.45) is -4.31. The molecule has 0 saturated heterocycles. The molecule has 0 aliphatic carbocycles. The standard InChI is InChI=1S/C13H12F3NO.C2H6/c1-3-10-11(13(14,15)16)18-12(17-10)9-6-4-8(2)5-7-9;1-2/h4-7H,3H2,1-2H3;1-2H3. The lowest BCUT2D eigenvalue weighted by Crippen LogP contribution is -2.06. The number of oxazole rings is 1. The summed E-state index contributed by atoms with van der Waals surface area (Å²) in [5, 5.41) is 0. The quantitative estimate of drug-likeness (QED) is 0.752. The van der Waals surface area contributed by atoms with Gasteiger partial charge in [0.15, 0.2) is 0 Å². The average molecular weight is 285 g/mol. The van der Waals surface area contributed by atoms with Gasteiger partial charge >= 0.3 is 6.18 Å². The van der Waals surface area contributed by atoms with Crippen LogP contribution in [0, 0.1) is 6.92 Å². The lowest BCUT2D eigenvalue weighted by Gasteiger charge is -2.02. The smallest absolute Gasteiger partial charge is 0.431 e. The van der Waals surface area contributed by atoms with E-state index in [4.69, 9.17) is 4.42 Å². The minimum absolute atomic E-state index is 0.0131. The predicted octanol–water partition coefficient (Wildman–Crippen LogP) is 5.26. The number of aromatic nitrogens is 1. The van der Waals surface area contributed by atoms with Crippen LogP contribution in [0.5, 0.6) is 0 Å². The van der Waals surface area contributed by atoms with E-state index in [-0.39, 0.29) is 18.0 Å². The summed E-state index contributed by atoms with van der Waals surface area (Å²) < 4.78 is 42.9. The van der Waals surface area contributed by atoms with Crippen LogP contribution in [0.2, 0.25) is 0 Å². The minimum Gasteiger partial charge on any atom is -0.431 e. The van der Waals surface area contributed by atoms with Crippen molar-refractivity contribution in [2.75, 3.05) is 0 Å². The van der Waals surface area contributed by atoms with E-state index < -0.39 is 11.9 Å². The molecule has 1 heterocycles. The third-order valence-corrected chi connectivity index (χ3v) is 2.59. The maximum absolute atomic E-state index is 12.7. The van der Waals surface area contributed by atoms with Gasteiger partial charge in [0, 0.05) is 5.56 Å². The summed E-state index contributed by atoms with van der Waals surface area (Å²) in [5.74, 6) is -0.986. The van der Waals surface area contributed by atoms with Crippen molar-refractivity contribution in [3.8, 4) is 11.5 Å². The molecule has 0 saturated carbocycles. The van der Waals surface area contributed by atoms with Crippen LogP contribution < -0.4 is 0 Å². The summed E-state index contributed by atoms with van der Waals surface area (Å²) >= 11 is 0. The van der Waals surface area contributed by atoms with E-state index in [0.717, 1.165) is 5.56 Å². The molecule has 2 aromatic rings. The van der Waals surface area contributed by atoms with Crippen molar-refractivity contribution < 1.29 is 17.6 Å². The van der Waals surface area contributed by atoms with Gasteiger partial charge in [0.1, 0.15) is 0 Å². The summed E-state index contributed by atoms with van der Waals surface area (Å²) in [4.78, 5) is 3.91. The van der Waals surface area contributed by atoms with Gasteiger partial charge < -0.3 is 4.42 Å². The molecule has 110 valence electrons. The predicted molar refractivity (Wildman–Crippen MR) is 72.4 cm³/mol. The van der Waals surface area contributed by atoms with E-state index in [9.17, 15) is 13.2 Å². The summed E-state index contributed by atoms with van der Waals surface area (Å²) in [5.41, 5.74) is 1.51. The summed E-state index contributed by atoms with van der Waals surface area (Å²) in [7, 11) is 0. The van der Waals surface area contributed by atoms with Crippen molar-refractivity contribution in [3.63, 3.8) is 0 Å². The first kappa shape index (κ1) is 16.3. The maximum atomic E-state index is 12.7. The van der Waals surface area contributed by atoms with Crippen LogP contribution in [0.15, 0.2) is 28.7 Å². The third-order valence-electron chi connectivity index (χ3n) is 2.59. The van der Waals surface area contributed by atoms with E-state index in [1.54, 1.807) is 31.2 Å². The Bertz CT molecular complexity index is 541. The molecular formula is C15H18F3NO. The van der Waals surface area contributed by atoms with Crippen molar-refractivity contribution in [2.45, 2.75) is 40.3 Å². The Balaban J connectivity index is 0.000000956. The molecule has 0 aliphatic rings. The second-order valence-corrected chi connectivity index (χ2v) is 4.01. The van der Waals surface area contributed by atoms with Crippen LogP contribution in [-0.4, -0.2) is 4.98 Å². The van der Waals surface area contributed by atoms with Gasteiger partial charge in [-0.25, -0.2) is 4.98 Å². The highest BCUT2D eigenvalue weighted by molar-refractivity contribution is 5.54. The molecule has 0 atom stereocenters. The van der Waals surface area contributed by atoms with E-state index >= 15 is 0 Å². The molecule has 0 fully saturated rings. The van der Waals surface area contributed by atoms with Crippen molar-refractivity contribution >= 4 is 0 Å². The maximum Gasteiger partial charge on any atom is 0.451 e. The van der Waals surface area contributed by atoms with Gasteiger partial charge in [-0.1, -0.05) is 38.5 Å². The van der Waals surface area contributed by atoms with Crippen LogP contribution >= 0.6 is 0 Å². The Morgan fingerprint density at radius 2 is 1.65 bits per heavy atom. The summed E-state index contributed by atoms with van der Waals surface area (Å²) in [6, 6.07) is 7.00. The fraction of sp³-hybridized carbons (Fsp3) is 0.400. The van der Waals surface area contributed by atoms with Gasteiger partial charge in [-0.3, -0.25) is 0 Å². The molecule has 0 radical (unpaired) electrons. The first-order valence-electron chi connectivity index (χ1n) is 6.55. The third kappa shape index (κ3) is 3.62. The van der Waals surface area contributed by atoms with E-state index in [1.807, 2.05) is 20.8 Å². The number of aryl methyl sites for hydroxylation is 2. The van der Waals surface area contributed by atoms with Gasteiger partial charge in [0.05, 0.1) is 5.69 Å². The van der Waals surface area contributed by atoms with Gasteiger partial charge in [-0.05, 0) is 25.5 Å². The van der Waals surface area contributed by atoms with Crippen LogP contribution in [-0.2, 0) is 12.6 Å². The van der Waals surface area contributed by atoms with Crippen molar-refractivity contribution in [1.29, 1.82) is 0 Å². The first-order valence-corrected chi connectivity index (χ1v) is 6.55. The van der Waals surface area contributed by atoms with Gasteiger partial charge in [0.2, 0.25) is 11.7 Å². The molecular weight excluding hydrogens is 267 g/mol. The highest BCUT2D eigenvalue weighted by Crippen LogP contribution is 2.35. The molecule has 1 aromatic carbocycles. The zero-order chi connectivity index (χ0) is 15.3. The van der Waals surface area contributed by atoms with E-state index in [2.05, 4.69) is 4.98 Å². The number of hydrogen-bond donors (Lipinski definition) is 0. The number of halogens is 3. The summed E-state index contributed by atoms with van der Waals surface area (Å²) in [6.45, 7) is 7.52. The number of alkyl halides is 3. The molecule has 0 bridgehead atoms. The Kier molecular flexibility index (Phi) is 5.36. The molecule has 1 aromatic heterocycles. The van der Waals surface area contributed by atoms with Gasteiger partial charge in [-0.15, -0.1) is 0 Å². The molecule has 0 spiro atoms. The topological polar surface area (TPSA) is 26.0 Å². The normalized spacial score (nSPS) is 10.9.